The molecule has 0 radical (unpaired) electrons. The lowest BCUT2D eigenvalue weighted by Crippen LogP contribution is -2.25. The van der Waals surface area contributed by atoms with E-state index >= 15 is 0 Å². The number of ether oxygens (including phenoxy) is 2. The molecule has 0 atom stereocenters. The second-order valence-electron chi connectivity index (χ2n) is 6.10. The zero-order chi connectivity index (χ0) is 19.9. The maximum absolute atomic E-state index is 12.9. The summed E-state index contributed by atoms with van der Waals surface area (Å²) in [5, 5.41) is 0. The molecule has 0 bridgehead atoms. The number of methoxy groups -OCH3 is 2. The molecule has 1 heterocycles. The standard InChI is InChI=1S/C23H22N2O3/c1-25(22-6-4-5-15-24-22)23(26)16-21(17-7-11-19(27-2)12-8-17)18-9-13-20(28-3)14-10-18/h4-16H,1-3H3. The van der Waals surface area contributed by atoms with Gasteiger partial charge in [-0.25, -0.2) is 4.98 Å². The normalized spacial score (nSPS) is 10.1. The van der Waals surface area contributed by atoms with E-state index < -0.39 is 0 Å². The van der Waals surface area contributed by atoms with E-state index in [1.165, 1.54) is 4.90 Å². The van der Waals surface area contributed by atoms with Crippen LogP contribution in [-0.4, -0.2) is 32.2 Å². The van der Waals surface area contributed by atoms with Gasteiger partial charge in [0.2, 0.25) is 0 Å². The molecule has 3 rings (SSSR count). The zero-order valence-electron chi connectivity index (χ0n) is 16.1. The van der Waals surface area contributed by atoms with Gasteiger partial charge in [-0.2, -0.15) is 0 Å². The van der Waals surface area contributed by atoms with E-state index in [9.17, 15) is 4.79 Å². The monoisotopic (exact) mass is 374 g/mol. The number of benzene rings is 2. The average Bonchev–Trinajstić information content (AvgIpc) is 2.77. The van der Waals surface area contributed by atoms with Gasteiger partial charge in [0, 0.05) is 19.3 Å². The van der Waals surface area contributed by atoms with E-state index in [4.69, 9.17) is 9.47 Å². The first-order valence-electron chi connectivity index (χ1n) is 8.81. The summed E-state index contributed by atoms with van der Waals surface area (Å²) < 4.78 is 10.5. The highest BCUT2D eigenvalue weighted by molar-refractivity contribution is 6.07. The van der Waals surface area contributed by atoms with Crippen LogP contribution in [0.2, 0.25) is 0 Å². The predicted molar refractivity (Wildman–Crippen MR) is 111 cm³/mol. The van der Waals surface area contributed by atoms with Crippen molar-refractivity contribution in [2.45, 2.75) is 0 Å². The van der Waals surface area contributed by atoms with Crippen LogP contribution in [0.4, 0.5) is 5.82 Å². The largest absolute Gasteiger partial charge is 0.497 e. The van der Waals surface area contributed by atoms with Gasteiger partial charge in [-0.3, -0.25) is 9.69 Å². The molecular weight excluding hydrogens is 352 g/mol. The van der Waals surface area contributed by atoms with E-state index in [-0.39, 0.29) is 5.91 Å². The molecule has 0 saturated carbocycles. The molecule has 5 nitrogen and oxygen atoms in total. The van der Waals surface area contributed by atoms with Crippen LogP contribution in [0.15, 0.2) is 79.0 Å². The van der Waals surface area contributed by atoms with E-state index in [1.807, 2.05) is 60.7 Å². The number of rotatable bonds is 6. The predicted octanol–water partition coefficient (Wildman–Crippen LogP) is 4.19. The van der Waals surface area contributed by atoms with Gasteiger partial charge in [-0.05, 0) is 53.1 Å². The summed E-state index contributed by atoms with van der Waals surface area (Å²) in [4.78, 5) is 18.7. The minimum atomic E-state index is -0.166. The minimum absolute atomic E-state index is 0.166. The van der Waals surface area contributed by atoms with Crippen LogP contribution in [0.25, 0.3) is 5.57 Å². The summed E-state index contributed by atoms with van der Waals surface area (Å²) in [5.74, 6) is 1.94. The second kappa shape index (κ2) is 8.86. The summed E-state index contributed by atoms with van der Waals surface area (Å²) in [6.07, 6.45) is 3.29. The van der Waals surface area contributed by atoms with Crippen LogP contribution < -0.4 is 14.4 Å². The number of carbonyl (C=O) groups is 1. The van der Waals surface area contributed by atoms with E-state index in [0.29, 0.717) is 5.82 Å². The number of nitrogens with zero attached hydrogens (tertiary/aromatic N) is 2. The summed E-state index contributed by atoms with van der Waals surface area (Å²) in [7, 11) is 4.96. The van der Waals surface area contributed by atoms with Crippen molar-refractivity contribution in [1.29, 1.82) is 0 Å². The van der Waals surface area contributed by atoms with Crippen LogP contribution in [0, 0.1) is 0 Å². The summed E-state index contributed by atoms with van der Waals surface area (Å²) in [6, 6.07) is 20.7. The lowest BCUT2D eigenvalue weighted by atomic mass is 9.97. The molecule has 0 fully saturated rings. The molecule has 2 aromatic carbocycles. The van der Waals surface area contributed by atoms with Crippen molar-refractivity contribution in [3.63, 3.8) is 0 Å². The highest BCUT2D eigenvalue weighted by Gasteiger charge is 2.13. The lowest BCUT2D eigenvalue weighted by Gasteiger charge is -2.16. The van der Waals surface area contributed by atoms with Gasteiger partial charge in [0.05, 0.1) is 14.2 Å². The Morgan fingerprint density at radius 3 is 1.82 bits per heavy atom. The lowest BCUT2D eigenvalue weighted by molar-refractivity contribution is -0.113. The molecule has 5 heteroatoms. The van der Waals surface area contributed by atoms with Crippen molar-refractivity contribution in [1.82, 2.24) is 4.98 Å². The zero-order valence-corrected chi connectivity index (χ0v) is 16.1. The van der Waals surface area contributed by atoms with E-state index in [2.05, 4.69) is 4.98 Å². The number of carbonyl (C=O) groups excluding carboxylic acids is 1. The van der Waals surface area contributed by atoms with Gasteiger partial charge in [-0.1, -0.05) is 30.3 Å². The van der Waals surface area contributed by atoms with Gasteiger partial charge >= 0.3 is 0 Å². The van der Waals surface area contributed by atoms with Gasteiger partial charge in [0.15, 0.2) is 0 Å². The summed E-state index contributed by atoms with van der Waals surface area (Å²) >= 11 is 0. The molecule has 3 aromatic rings. The third-order valence-electron chi connectivity index (χ3n) is 4.39. The van der Waals surface area contributed by atoms with Gasteiger partial charge < -0.3 is 9.47 Å². The number of likely N-dealkylation sites (N-methyl/N-ethyl adjacent to an activating group) is 1. The van der Waals surface area contributed by atoms with E-state index in [1.54, 1.807) is 39.6 Å². The number of hydrogen-bond donors (Lipinski definition) is 0. The Morgan fingerprint density at radius 2 is 1.39 bits per heavy atom. The van der Waals surface area contributed by atoms with Crippen LogP contribution in [0.3, 0.4) is 0 Å². The van der Waals surface area contributed by atoms with Crippen molar-refractivity contribution < 1.29 is 14.3 Å². The Bertz CT molecular complexity index is 900. The highest BCUT2D eigenvalue weighted by Crippen LogP contribution is 2.27. The Hall–Kier alpha value is -3.60. The first-order valence-corrected chi connectivity index (χ1v) is 8.81. The highest BCUT2D eigenvalue weighted by atomic mass is 16.5. The van der Waals surface area contributed by atoms with Crippen molar-refractivity contribution in [2.24, 2.45) is 0 Å². The molecule has 0 spiro atoms. The van der Waals surface area contributed by atoms with Crippen LogP contribution >= 0.6 is 0 Å². The molecule has 28 heavy (non-hydrogen) atoms. The second-order valence-corrected chi connectivity index (χ2v) is 6.10. The first kappa shape index (κ1) is 19.2. The molecule has 0 aliphatic rings. The van der Waals surface area contributed by atoms with Gasteiger partial charge in [-0.15, -0.1) is 0 Å². The average molecular weight is 374 g/mol. The summed E-state index contributed by atoms with van der Waals surface area (Å²) in [6.45, 7) is 0. The topological polar surface area (TPSA) is 51.7 Å². The molecule has 0 saturated heterocycles. The molecular formula is C23H22N2O3. The first-order chi connectivity index (χ1) is 13.6. The van der Waals surface area contributed by atoms with Crippen molar-refractivity contribution >= 4 is 17.3 Å². The fraction of sp³-hybridized carbons (Fsp3) is 0.130. The molecule has 0 aliphatic carbocycles. The van der Waals surface area contributed by atoms with Crippen LogP contribution in [0.1, 0.15) is 11.1 Å². The number of hydrogen-bond acceptors (Lipinski definition) is 4. The van der Waals surface area contributed by atoms with Crippen molar-refractivity contribution in [2.75, 3.05) is 26.2 Å². The van der Waals surface area contributed by atoms with Crippen LogP contribution in [-0.2, 0) is 4.79 Å². The molecule has 0 aliphatic heterocycles. The summed E-state index contributed by atoms with van der Waals surface area (Å²) in [5.41, 5.74) is 2.63. The number of amides is 1. The van der Waals surface area contributed by atoms with E-state index in [0.717, 1.165) is 28.2 Å². The molecule has 0 unspecified atom stereocenters. The molecule has 1 amide bonds. The molecule has 0 N–H and O–H groups in total. The number of anilines is 1. The Balaban J connectivity index is 2.01. The third-order valence-corrected chi connectivity index (χ3v) is 4.39. The van der Waals surface area contributed by atoms with Gasteiger partial charge in [0.1, 0.15) is 17.3 Å². The smallest absolute Gasteiger partial charge is 0.252 e. The van der Waals surface area contributed by atoms with Crippen LogP contribution in [0.5, 0.6) is 11.5 Å². The van der Waals surface area contributed by atoms with Crippen molar-refractivity contribution in [3.8, 4) is 11.5 Å². The maximum Gasteiger partial charge on any atom is 0.252 e. The fourth-order valence-electron chi connectivity index (χ4n) is 2.76. The van der Waals surface area contributed by atoms with Crippen molar-refractivity contribution in [3.05, 3.63) is 90.1 Å². The third kappa shape index (κ3) is 4.38. The Labute approximate surface area is 164 Å². The quantitative estimate of drug-likeness (QED) is 0.607. The SMILES string of the molecule is COc1ccc(C(=CC(=O)N(C)c2ccccn2)c2ccc(OC)cc2)cc1. The fourth-order valence-corrected chi connectivity index (χ4v) is 2.76. The molecule has 142 valence electrons. The maximum atomic E-state index is 12.9. The molecule has 1 aromatic heterocycles. The van der Waals surface area contributed by atoms with Gasteiger partial charge in [0.25, 0.3) is 5.91 Å². The Kier molecular flexibility index (Phi) is 6.07. The number of aromatic nitrogens is 1. The minimum Gasteiger partial charge on any atom is -0.497 e. The Morgan fingerprint density at radius 1 is 0.857 bits per heavy atom. The number of pyridine rings is 1.